The summed E-state index contributed by atoms with van der Waals surface area (Å²) in [6.07, 6.45) is 1.25. The van der Waals surface area contributed by atoms with Gasteiger partial charge in [-0.3, -0.25) is 9.59 Å². The van der Waals surface area contributed by atoms with Crippen LogP contribution in [0.1, 0.15) is 26.7 Å². The zero-order valence-corrected chi connectivity index (χ0v) is 6.78. The predicted octanol–water partition coefficient (Wildman–Crippen LogP) is 1.21. The first-order valence-electron chi connectivity index (χ1n) is 3.38. The third-order valence-electron chi connectivity index (χ3n) is 1.22. The number of carboxylic acids is 1. The second kappa shape index (κ2) is 8.94. The molecule has 1 unspecified atom stereocenters. The molecule has 0 aromatic carbocycles. The van der Waals surface area contributed by atoms with E-state index in [9.17, 15) is 4.79 Å². The summed E-state index contributed by atoms with van der Waals surface area (Å²) >= 11 is 0. The summed E-state index contributed by atoms with van der Waals surface area (Å²) in [7, 11) is 0. The molecular formula is C7H14O4. The van der Waals surface area contributed by atoms with Crippen molar-refractivity contribution in [1.29, 1.82) is 0 Å². The molecule has 0 saturated heterocycles. The first-order valence-corrected chi connectivity index (χ1v) is 3.38. The molecule has 0 heterocycles. The van der Waals surface area contributed by atoms with Gasteiger partial charge in [0.15, 0.2) is 0 Å². The van der Waals surface area contributed by atoms with Gasteiger partial charge in [0, 0.05) is 6.42 Å². The van der Waals surface area contributed by atoms with Crippen LogP contribution in [0.2, 0.25) is 0 Å². The smallest absolute Gasteiger partial charge is 0.303 e. The van der Waals surface area contributed by atoms with Crippen molar-refractivity contribution in [2.24, 2.45) is 5.92 Å². The monoisotopic (exact) mass is 162 g/mol. The molecule has 0 aromatic rings. The first-order chi connectivity index (χ1) is 5.08. The van der Waals surface area contributed by atoms with E-state index in [0.717, 1.165) is 6.42 Å². The van der Waals surface area contributed by atoms with E-state index in [1.54, 1.807) is 0 Å². The molecule has 0 aliphatic heterocycles. The van der Waals surface area contributed by atoms with Gasteiger partial charge < -0.3 is 10.2 Å². The molecule has 0 spiro atoms. The molecule has 4 heteroatoms. The largest absolute Gasteiger partial charge is 0.483 e. The number of rotatable bonds is 3. The molecule has 0 aliphatic rings. The number of carbonyl (C=O) groups is 2. The minimum atomic E-state index is -0.695. The van der Waals surface area contributed by atoms with Crippen LogP contribution in [0.25, 0.3) is 0 Å². The van der Waals surface area contributed by atoms with Gasteiger partial charge in [-0.05, 0) is 5.92 Å². The summed E-state index contributed by atoms with van der Waals surface area (Å²) in [5.74, 6) is -0.369. The highest BCUT2D eigenvalue weighted by Crippen LogP contribution is 2.04. The van der Waals surface area contributed by atoms with E-state index >= 15 is 0 Å². The Morgan fingerprint density at radius 1 is 1.64 bits per heavy atom. The summed E-state index contributed by atoms with van der Waals surface area (Å²) < 4.78 is 0. The molecule has 11 heavy (non-hydrogen) atoms. The molecule has 0 aromatic heterocycles. The normalized spacial score (nSPS) is 10.7. The van der Waals surface area contributed by atoms with Crippen LogP contribution in [0.4, 0.5) is 0 Å². The molecule has 0 amide bonds. The Balaban J connectivity index is 0. The molecule has 0 bridgehead atoms. The van der Waals surface area contributed by atoms with Crippen molar-refractivity contribution < 1.29 is 19.8 Å². The van der Waals surface area contributed by atoms with E-state index in [1.807, 2.05) is 13.8 Å². The first kappa shape index (κ1) is 12.6. The second-order valence-corrected chi connectivity index (χ2v) is 2.22. The molecule has 0 radical (unpaired) electrons. The predicted molar refractivity (Wildman–Crippen MR) is 40.4 cm³/mol. The topological polar surface area (TPSA) is 74.6 Å². The van der Waals surface area contributed by atoms with E-state index < -0.39 is 5.97 Å². The molecule has 0 rings (SSSR count). The number of hydrogen-bond acceptors (Lipinski definition) is 2. The minimum absolute atomic E-state index is 0.250. The lowest BCUT2D eigenvalue weighted by Crippen LogP contribution is -2.02. The van der Waals surface area contributed by atoms with Crippen LogP contribution in [-0.2, 0) is 9.59 Å². The summed E-state index contributed by atoms with van der Waals surface area (Å²) in [6.45, 7) is 3.68. The van der Waals surface area contributed by atoms with Crippen molar-refractivity contribution in [3.8, 4) is 0 Å². The van der Waals surface area contributed by atoms with Gasteiger partial charge in [0.1, 0.15) is 0 Å². The highest BCUT2D eigenvalue weighted by atomic mass is 16.4. The summed E-state index contributed by atoms with van der Waals surface area (Å²) in [5, 5.41) is 15.1. The van der Waals surface area contributed by atoms with Crippen LogP contribution in [0.3, 0.4) is 0 Å². The fraction of sp³-hybridized carbons (Fsp3) is 0.714. The van der Waals surface area contributed by atoms with Gasteiger partial charge in [0.2, 0.25) is 0 Å². The Bertz CT molecular complexity index is 111. The number of aliphatic carboxylic acids is 1. The van der Waals surface area contributed by atoms with E-state index in [4.69, 9.17) is 15.0 Å². The Labute approximate surface area is 65.8 Å². The van der Waals surface area contributed by atoms with Gasteiger partial charge in [-0.2, -0.15) is 0 Å². The Kier molecular flexibility index (Phi) is 10.2. The highest BCUT2D eigenvalue weighted by molar-refractivity contribution is 5.66. The van der Waals surface area contributed by atoms with Crippen molar-refractivity contribution in [3.63, 3.8) is 0 Å². The number of carboxylic acid groups (broad SMARTS) is 2. The minimum Gasteiger partial charge on any atom is -0.483 e. The quantitative estimate of drug-likeness (QED) is 0.611. The average Bonchev–Trinajstić information content (AvgIpc) is 1.88. The third-order valence-corrected chi connectivity index (χ3v) is 1.22. The fourth-order valence-corrected chi connectivity index (χ4v) is 0.442. The van der Waals surface area contributed by atoms with E-state index in [0.29, 0.717) is 12.3 Å². The fourth-order valence-electron chi connectivity index (χ4n) is 0.442. The zero-order valence-electron chi connectivity index (χ0n) is 6.78. The standard InChI is InChI=1S/C6H12O2.CH2O2/c1-3-5(2)4-6(7)8;2-1-3/h5H,3-4H2,1-2H3,(H,7,8);1H,(H,2,3). The number of hydrogen-bond donors (Lipinski definition) is 2. The van der Waals surface area contributed by atoms with Crippen molar-refractivity contribution >= 4 is 12.4 Å². The van der Waals surface area contributed by atoms with E-state index in [-0.39, 0.29) is 6.47 Å². The van der Waals surface area contributed by atoms with Gasteiger partial charge in [0.25, 0.3) is 6.47 Å². The van der Waals surface area contributed by atoms with Crippen molar-refractivity contribution in [3.05, 3.63) is 0 Å². The second-order valence-electron chi connectivity index (χ2n) is 2.22. The lowest BCUT2D eigenvalue weighted by Gasteiger charge is -2.00. The van der Waals surface area contributed by atoms with Gasteiger partial charge in [-0.1, -0.05) is 20.3 Å². The van der Waals surface area contributed by atoms with E-state index in [2.05, 4.69) is 0 Å². The highest BCUT2D eigenvalue weighted by Gasteiger charge is 2.02. The molecular weight excluding hydrogens is 148 g/mol. The van der Waals surface area contributed by atoms with E-state index in [1.165, 1.54) is 0 Å². The summed E-state index contributed by atoms with van der Waals surface area (Å²) in [4.78, 5) is 18.3. The van der Waals surface area contributed by atoms with Crippen molar-refractivity contribution in [1.82, 2.24) is 0 Å². The molecule has 4 nitrogen and oxygen atoms in total. The lowest BCUT2D eigenvalue weighted by molar-refractivity contribution is -0.138. The Hall–Kier alpha value is -1.06. The van der Waals surface area contributed by atoms with Gasteiger partial charge >= 0.3 is 5.97 Å². The SMILES string of the molecule is CCC(C)CC(=O)O.O=CO. The van der Waals surface area contributed by atoms with Crippen LogP contribution in [0.15, 0.2) is 0 Å². The van der Waals surface area contributed by atoms with Crippen LogP contribution in [0, 0.1) is 5.92 Å². The van der Waals surface area contributed by atoms with Gasteiger partial charge in [0.05, 0.1) is 0 Å². The molecule has 0 saturated carbocycles. The van der Waals surface area contributed by atoms with Crippen LogP contribution in [-0.4, -0.2) is 22.7 Å². The maximum atomic E-state index is 9.97. The zero-order chi connectivity index (χ0) is 9.28. The van der Waals surface area contributed by atoms with Gasteiger partial charge in [-0.25, -0.2) is 0 Å². The van der Waals surface area contributed by atoms with Crippen molar-refractivity contribution in [2.75, 3.05) is 0 Å². The average molecular weight is 162 g/mol. The van der Waals surface area contributed by atoms with Crippen LogP contribution < -0.4 is 0 Å². The molecule has 0 aliphatic carbocycles. The lowest BCUT2D eigenvalue weighted by atomic mass is 10.1. The summed E-state index contributed by atoms with van der Waals surface area (Å²) in [5.41, 5.74) is 0. The maximum Gasteiger partial charge on any atom is 0.303 e. The molecule has 0 fully saturated rings. The van der Waals surface area contributed by atoms with Crippen LogP contribution >= 0.6 is 0 Å². The molecule has 66 valence electrons. The van der Waals surface area contributed by atoms with Crippen molar-refractivity contribution in [2.45, 2.75) is 26.7 Å². The van der Waals surface area contributed by atoms with Crippen LogP contribution in [0.5, 0.6) is 0 Å². The summed E-state index contributed by atoms with van der Waals surface area (Å²) in [6, 6.07) is 0. The Morgan fingerprint density at radius 2 is 2.00 bits per heavy atom. The van der Waals surface area contributed by atoms with Gasteiger partial charge in [-0.15, -0.1) is 0 Å². The third kappa shape index (κ3) is 17.6. The Morgan fingerprint density at radius 3 is 2.09 bits per heavy atom. The molecule has 2 N–H and O–H groups in total. The maximum absolute atomic E-state index is 9.97. The molecule has 1 atom stereocenters.